The zero-order valence-corrected chi connectivity index (χ0v) is 15.9. The van der Waals surface area contributed by atoms with Crippen molar-refractivity contribution in [3.63, 3.8) is 0 Å². The number of hydrogen-bond acceptors (Lipinski definition) is 5. The van der Waals surface area contributed by atoms with Crippen molar-refractivity contribution in [3.8, 4) is 6.07 Å². The second-order valence-corrected chi connectivity index (χ2v) is 6.25. The SMILES string of the molecule is CC(=O)c1ccc(NC(=O)[C@@H](C)OC(=O)/C(C#N)=C/c2ccc(C)cc2)cc1. The van der Waals surface area contributed by atoms with Gasteiger partial charge < -0.3 is 10.1 Å². The van der Waals surface area contributed by atoms with Crippen molar-refractivity contribution >= 4 is 29.4 Å². The number of rotatable bonds is 6. The van der Waals surface area contributed by atoms with Crippen LogP contribution in [-0.4, -0.2) is 23.8 Å². The molecule has 1 amide bonds. The quantitative estimate of drug-likeness (QED) is 0.359. The van der Waals surface area contributed by atoms with Crippen molar-refractivity contribution < 1.29 is 19.1 Å². The molecule has 2 aromatic rings. The number of anilines is 1. The highest BCUT2D eigenvalue weighted by Crippen LogP contribution is 2.13. The first kappa shape index (κ1) is 20.6. The molecule has 0 saturated heterocycles. The molecule has 0 aromatic heterocycles. The number of nitrogens with one attached hydrogen (secondary N) is 1. The molecular weight excluding hydrogens is 356 g/mol. The summed E-state index contributed by atoms with van der Waals surface area (Å²) in [7, 11) is 0. The molecule has 0 bridgehead atoms. The van der Waals surface area contributed by atoms with Crippen LogP contribution in [0.3, 0.4) is 0 Å². The largest absolute Gasteiger partial charge is 0.448 e. The Morgan fingerprint density at radius 1 is 1.07 bits per heavy atom. The number of hydrogen-bond donors (Lipinski definition) is 1. The first-order valence-corrected chi connectivity index (χ1v) is 8.61. The second-order valence-electron chi connectivity index (χ2n) is 6.25. The molecule has 6 nitrogen and oxygen atoms in total. The number of ether oxygens (including phenoxy) is 1. The first-order chi connectivity index (χ1) is 13.3. The average molecular weight is 376 g/mol. The van der Waals surface area contributed by atoms with E-state index in [9.17, 15) is 19.6 Å². The predicted octanol–water partition coefficient (Wildman–Crippen LogP) is 3.68. The molecule has 2 rings (SSSR count). The molecule has 0 aliphatic rings. The van der Waals surface area contributed by atoms with Crippen molar-refractivity contribution in [2.24, 2.45) is 0 Å². The number of Topliss-reactive ketones (excluding diaryl/α,β-unsaturated/α-hetero) is 1. The van der Waals surface area contributed by atoms with Crippen molar-refractivity contribution in [3.05, 3.63) is 70.8 Å². The van der Waals surface area contributed by atoms with Crippen LogP contribution >= 0.6 is 0 Å². The van der Waals surface area contributed by atoms with E-state index < -0.39 is 18.0 Å². The predicted molar refractivity (Wildman–Crippen MR) is 105 cm³/mol. The van der Waals surface area contributed by atoms with Crippen molar-refractivity contribution in [1.82, 2.24) is 0 Å². The minimum Gasteiger partial charge on any atom is -0.448 e. The van der Waals surface area contributed by atoms with Gasteiger partial charge in [-0.15, -0.1) is 0 Å². The molecule has 1 atom stereocenters. The summed E-state index contributed by atoms with van der Waals surface area (Å²) in [4.78, 5) is 35.7. The number of nitriles is 1. The Hall–Kier alpha value is -3.72. The third kappa shape index (κ3) is 5.64. The van der Waals surface area contributed by atoms with Crippen LogP contribution < -0.4 is 5.32 Å². The zero-order valence-electron chi connectivity index (χ0n) is 15.9. The van der Waals surface area contributed by atoms with E-state index in [1.54, 1.807) is 42.5 Å². The zero-order chi connectivity index (χ0) is 20.7. The van der Waals surface area contributed by atoms with E-state index in [0.717, 1.165) is 5.56 Å². The topological polar surface area (TPSA) is 96.3 Å². The lowest BCUT2D eigenvalue weighted by Crippen LogP contribution is -2.30. The highest BCUT2D eigenvalue weighted by molar-refractivity contribution is 6.01. The van der Waals surface area contributed by atoms with E-state index in [-0.39, 0.29) is 11.4 Å². The lowest BCUT2D eigenvalue weighted by atomic mass is 10.1. The van der Waals surface area contributed by atoms with Crippen LogP contribution in [0.25, 0.3) is 6.08 Å². The van der Waals surface area contributed by atoms with E-state index in [0.29, 0.717) is 16.8 Å². The van der Waals surface area contributed by atoms with Gasteiger partial charge in [0.25, 0.3) is 5.91 Å². The molecule has 0 fully saturated rings. The van der Waals surface area contributed by atoms with Gasteiger partial charge in [-0.1, -0.05) is 29.8 Å². The van der Waals surface area contributed by atoms with Crippen LogP contribution in [0.15, 0.2) is 54.1 Å². The maximum absolute atomic E-state index is 12.2. The summed E-state index contributed by atoms with van der Waals surface area (Å²) in [6.45, 7) is 4.80. The normalized spacial score (nSPS) is 11.9. The van der Waals surface area contributed by atoms with Gasteiger partial charge in [0.15, 0.2) is 11.9 Å². The highest BCUT2D eigenvalue weighted by Gasteiger charge is 2.20. The number of benzene rings is 2. The van der Waals surface area contributed by atoms with E-state index in [1.165, 1.54) is 19.9 Å². The third-order valence-corrected chi connectivity index (χ3v) is 3.94. The molecule has 1 N–H and O–H groups in total. The van der Waals surface area contributed by atoms with Crippen LogP contribution in [-0.2, 0) is 14.3 Å². The maximum Gasteiger partial charge on any atom is 0.349 e. The van der Waals surface area contributed by atoms with Gasteiger partial charge in [-0.25, -0.2) is 4.79 Å². The average Bonchev–Trinajstić information content (AvgIpc) is 2.67. The Balaban J connectivity index is 2.01. The smallest absolute Gasteiger partial charge is 0.349 e. The molecule has 0 radical (unpaired) electrons. The minimum atomic E-state index is -1.10. The number of nitrogens with zero attached hydrogens (tertiary/aromatic N) is 1. The van der Waals surface area contributed by atoms with Gasteiger partial charge in [-0.05, 0) is 56.7 Å². The van der Waals surface area contributed by atoms with E-state index in [4.69, 9.17) is 4.74 Å². The van der Waals surface area contributed by atoms with Gasteiger partial charge in [-0.3, -0.25) is 9.59 Å². The van der Waals surface area contributed by atoms with Gasteiger partial charge in [0.2, 0.25) is 0 Å². The maximum atomic E-state index is 12.2. The monoisotopic (exact) mass is 376 g/mol. The number of esters is 1. The van der Waals surface area contributed by atoms with Gasteiger partial charge >= 0.3 is 5.97 Å². The summed E-state index contributed by atoms with van der Waals surface area (Å²) < 4.78 is 5.10. The van der Waals surface area contributed by atoms with Crippen LogP contribution in [0.4, 0.5) is 5.69 Å². The van der Waals surface area contributed by atoms with Crippen molar-refractivity contribution in [1.29, 1.82) is 5.26 Å². The van der Waals surface area contributed by atoms with Crippen molar-refractivity contribution in [2.75, 3.05) is 5.32 Å². The molecule has 0 unspecified atom stereocenters. The van der Waals surface area contributed by atoms with E-state index in [1.807, 2.05) is 19.1 Å². The van der Waals surface area contributed by atoms with Crippen LogP contribution in [0.2, 0.25) is 0 Å². The van der Waals surface area contributed by atoms with Crippen LogP contribution in [0.5, 0.6) is 0 Å². The standard InChI is InChI=1S/C22H20N2O4/c1-14-4-6-17(7-5-14)12-19(13-23)22(27)28-16(3)21(26)24-20-10-8-18(9-11-20)15(2)25/h4-12,16H,1-3H3,(H,24,26)/b19-12+/t16-/m1/s1. The Morgan fingerprint density at radius 2 is 1.68 bits per heavy atom. The molecule has 2 aromatic carbocycles. The summed E-state index contributed by atoms with van der Waals surface area (Å²) in [5, 5.41) is 11.8. The molecule has 6 heteroatoms. The second kappa shape index (κ2) is 9.28. The summed E-state index contributed by atoms with van der Waals surface area (Å²) in [5.74, 6) is -1.50. The number of aryl methyl sites for hydroxylation is 1. The molecule has 28 heavy (non-hydrogen) atoms. The molecule has 142 valence electrons. The molecule has 0 aliphatic heterocycles. The van der Waals surface area contributed by atoms with Gasteiger partial charge in [-0.2, -0.15) is 5.26 Å². The molecular formula is C22H20N2O4. The molecule has 0 heterocycles. The third-order valence-electron chi connectivity index (χ3n) is 3.94. The van der Waals surface area contributed by atoms with Gasteiger partial charge in [0, 0.05) is 11.3 Å². The van der Waals surface area contributed by atoms with E-state index >= 15 is 0 Å². The summed E-state index contributed by atoms with van der Waals surface area (Å²) >= 11 is 0. The highest BCUT2D eigenvalue weighted by atomic mass is 16.5. The molecule has 0 spiro atoms. The number of ketones is 1. The Labute approximate surface area is 163 Å². The summed E-state index contributed by atoms with van der Waals surface area (Å²) in [6, 6.07) is 15.4. The Morgan fingerprint density at radius 3 is 2.21 bits per heavy atom. The van der Waals surface area contributed by atoms with Crippen LogP contribution in [0, 0.1) is 18.3 Å². The minimum absolute atomic E-state index is 0.0791. The lowest BCUT2D eigenvalue weighted by molar-refractivity contribution is -0.148. The van der Waals surface area contributed by atoms with E-state index in [2.05, 4.69) is 5.32 Å². The number of carbonyl (C=O) groups excluding carboxylic acids is 3. The fourth-order valence-corrected chi connectivity index (χ4v) is 2.28. The van der Waals surface area contributed by atoms with Crippen molar-refractivity contribution in [2.45, 2.75) is 26.9 Å². The number of amides is 1. The Bertz CT molecular complexity index is 952. The summed E-state index contributed by atoms with van der Waals surface area (Å²) in [5.41, 5.74) is 2.53. The molecule has 0 saturated carbocycles. The van der Waals surface area contributed by atoms with Crippen LogP contribution in [0.1, 0.15) is 35.3 Å². The summed E-state index contributed by atoms with van der Waals surface area (Å²) in [6.07, 6.45) is 0.308. The fourth-order valence-electron chi connectivity index (χ4n) is 2.28. The fraction of sp³-hybridized carbons (Fsp3) is 0.182. The lowest BCUT2D eigenvalue weighted by Gasteiger charge is -2.13. The Kier molecular flexibility index (Phi) is 6.83. The molecule has 0 aliphatic carbocycles. The first-order valence-electron chi connectivity index (χ1n) is 8.61. The van der Waals surface area contributed by atoms with Gasteiger partial charge in [0.1, 0.15) is 11.6 Å². The van der Waals surface area contributed by atoms with Gasteiger partial charge in [0.05, 0.1) is 0 Å². The number of carbonyl (C=O) groups is 3.